The summed E-state index contributed by atoms with van der Waals surface area (Å²) in [4.78, 5) is 38.4. The lowest BCUT2D eigenvalue weighted by molar-refractivity contribution is -0.127. The van der Waals surface area contributed by atoms with Crippen molar-refractivity contribution >= 4 is 40.6 Å². The van der Waals surface area contributed by atoms with Gasteiger partial charge in [0.2, 0.25) is 12.7 Å². The van der Waals surface area contributed by atoms with Gasteiger partial charge in [-0.05, 0) is 47.5 Å². The lowest BCUT2D eigenvalue weighted by Crippen LogP contribution is -2.36. The van der Waals surface area contributed by atoms with E-state index in [0.717, 1.165) is 28.6 Å². The lowest BCUT2D eigenvalue weighted by atomic mass is 10.1. The summed E-state index contributed by atoms with van der Waals surface area (Å²) in [6, 6.07) is 12.7. The van der Waals surface area contributed by atoms with Crippen LogP contribution in [-0.4, -0.2) is 35.3 Å². The van der Waals surface area contributed by atoms with E-state index in [2.05, 4.69) is 12.2 Å². The van der Waals surface area contributed by atoms with Crippen LogP contribution in [0, 0.1) is 0 Å². The molecular weight excluding hydrogens is 392 g/mol. The van der Waals surface area contributed by atoms with Crippen LogP contribution in [0.5, 0.6) is 11.5 Å². The molecule has 1 saturated heterocycles. The monoisotopic (exact) mass is 410 g/mol. The standard InChI is InChI=1S/C21H18N2O5S/c1-2-13-3-5-14(6-4-13)9-18-20(25)23(21(26)29-18)11-19(24)22-15-7-8-16-17(10-15)28-12-27-16/h3-10H,2,11-12H2,1H3,(H,22,24)/b18-9-. The van der Waals surface area contributed by atoms with Gasteiger partial charge in [0.15, 0.2) is 11.5 Å². The maximum Gasteiger partial charge on any atom is 0.294 e. The second kappa shape index (κ2) is 8.00. The number of nitrogens with zero attached hydrogens (tertiary/aromatic N) is 1. The van der Waals surface area contributed by atoms with E-state index in [-0.39, 0.29) is 13.3 Å². The number of anilines is 1. The van der Waals surface area contributed by atoms with Gasteiger partial charge in [0.25, 0.3) is 11.1 Å². The number of aryl methyl sites for hydroxylation is 1. The van der Waals surface area contributed by atoms with Gasteiger partial charge in [0, 0.05) is 11.8 Å². The van der Waals surface area contributed by atoms with Crippen molar-refractivity contribution in [2.75, 3.05) is 18.7 Å². The minimum Gasteiger partial charge on any atom is -0.454 e. The summed E-state index contributed by atoms with van der Waals surface area (Å²) in [7, 11) is 0. The van der Waals surface area contributed by atoms with Crippen LogP contribution in [0.4, 0.5) is 10.5 Å². The number of amides is 3. The molecule has 7 nitrogen and oxygen atoms in total. The molecule has 3 amide bonds. The summed E-state index contributed by atoms with van der Waals surface area (Å²) in [5.41, 5.74) is 2.52. The van der Waals surface area contributed by atoms with Gasteiger partial charge in [-0.2, -0.15) is 0 Å². The number of imide groups is 1. The number of carbonyl (C=O) groups is 3. The first-order chi connectivity index (χ1) is 14.0. The molecule has 0 bridgehead atoms. The van der Waals surface area contributed by atoms with Crippen LogP contribution in [0.3, 0.4) is 0 Å². The molecule has 2 aromatic carbocycles. The van der Waals surface area contributed by atoms with Crippen molar-refractivity contribution in [1.82, 2.24) is 4.90 Å². The van der Waals surface area contributed by atoms with E-state index in [1.54, 1.807) is 24.3 Å². The Morgan fingerprint density at radius 3 is 2.66 bits per heavy atom. The molecule has 0 saturated carbocycles. The van der Waals surface area contributed by atoms with E-state index in [1.165, 1.54) is 5.56 Å². The second-order valence-corrected chi connectivity index (χ2v) is 7.47. The summed E-state index contributed by atoms with van der Waals surface area (Å²) in [5.74, 6) is 0.192. The minimum atomic E-state index is -0.472. The first-order valence-corrected chi connectivity index (χ1v) is 9.89. The van der Waals surface area contributed by atoms with Gasteiger partial charge in [-0.1, -0.05) is 31.2 Å². The van der Waals surface area contributed by atoms with E-state index in [1.807, 2.05) is 24.3 Å². The van der Waals surface area contributed by atoms with Crippen LogP contribution in [0.15, 0.2) is 47.4 Å². The molecule has 2 aliphatic rings. The molecule has 0 unspecified atom stereocenters. The van der Waals surface area contributed by atoms with Crippen LogP contribution < -0.4 is 14.8 Å². The zero-order valence-corrected chi connectivity index (χ0v) is 16.5. The average Bonchev–Trinajstić information content (AvgIpc) is 3.28. The van der Waals surface area contributed by atoms with E-state index in [0.29, 0.717) is 22.1 Å². The van der Waals surface area contributed by atoms with Crippen molar-refractivity contribution < 1.29 is 23.9 Å². The summed E-state index contributed by atoms with van der Waals surface area (Å²) >= 11 is 0.833. The molecule has 0 spiro atoms. The number of fused-ring (bicyclic) bond motifs is 1. The highest BCUT2D eigenvalue weighted by Gasteiger charge is 2.36. The Labute approximate surface area is 171 Å². The van der Waals surface area contributed by atoms with Gasteiger partial charge >= 0.3 is 0 Å². The van der Waals surface area contributed by atoms with Gasteiger partial charge in [0.1, 0.15) is 6.54 Å². The van der Waals surface area contributed by atoms with Crippen molar-refractivity contribution in [2.24, 2.45) is 0 Å². The molecule has 1 N–H and O–H groups in total. The van der Waals surface area contributed by atoms with Crippen molar-refractivity contribution in [2.45, 2.75) is 13.3 Å². The number of benzene rings is 2. The number of ether oxygens (including phenoxy) is 2. The number of nitrogens with one attached hydrogen (secondary N) is 1. The van der Waals surface area contributed by atoms with E-state index < -0.39 is 17.1 Å². The molecule has 29 heavy (non-hydrogen) atoms. The van der Waals surface area contributed by atoms with Crippen molar-refractivity contribution in [3.05, 3.63) is 58.5 Å². The van der Waals surface area contributed by atoms with Gasteiger partial charge in [0.05, 0.1) is 4.91 Å². The lowest BCUT2D eigenvalue weighted by Gasteiger charge is -2.12. The van der Waals surface area contributed by atoms with Crippen LogP contribution in [0.2, 0.25) is 0 Å². The second-order valence-electron chi connectivity index (χ2n) is 6.48. The third kappa shape index (κ3) is 4.12. The molecule has 2 aromatic rings. The Balaban J connectivity index is 1.42. The Kier molecular flexibility index (Phi) is 5.26. The summed E-state index contributed by atoms with van der Waals surface area (Å²) < 4.78 is 10.5. The summed E-state index contributed by atoms with van der Waals surface area (Å²) in [6.07, 6.45) is 2.59. The Hall–Kier alpha value is -3.26. The molecule has 1 fully saturated rings. The zero-order valence-electron chi connectivity index (χ0n) is 15.6. The van der Waals surface area contributed by atoms with E-state index in [9.17, 15) is 14.4 Å². The number of rotatable bonds is 5. The molecule has 148 valence electrons. The number of hydrogen-bond donors (Lipinski definition) is 1. The minimum absolute atomic E-state index is 0.136. The fourth-order valence-electron chi connectivity index (χ4n) is 2.96. The molecule has 0 radical (unpaired) electrons. The van der Waals surface area contributed by atoms with Crippen LogP contribution >= 0.6 is 11.8 Å². The van der Waals surface area contributed by atoms with Gasteiger partial charge < -0.3 is 14.8 Å². The van der Waals surface area contributed by atoms with Crippen molar-refractivity contribution in [3.63, 3.8) is 0 Å². The Bertz CT molecular complexity index is 1020. The molecule has 2 aliphatic heterocycles. The Morgan fingerprint density at radius 1 is 1.14 bits per heavy atom. The maximum absolute atomic E-state index is 12.6. The fraction of sp³-hybridized carbons (Fsp3) is 0.190. The van der Waals surface area contributed by atoms with Crippen molar-refractivity contribution in [1.29, 1.82) is 0 Å². The number of carbonyl (C=O) groups excluding carboxylic acids is 3. The maximum atomic E-state index is 12.6. The van der Waals surface area contributed by atoms with Crippen LogP contribution in [-0.2, 0) is 16.0 Å². The molecular formula is C21H18N2O5S. The van der Waals surface area contributed by atoms with Crippen LogP contribution in [0.1, 0.15) is 18.1 Å². The molecule has 0 aliphatic carbocycles. The molecule has 0 atom stereocenters. The predicted octanol–water partition coefficient (Wildman–Crippen LogP) is 3.65. The normalized spacial score (nSPS) is 16.6. The third-order valence-corrected chi connectivity index (χ3v) is 5.42. The number of thioether (sulfide) groups is 1. The highest BCUT2D eigenvalue weighted by atomic mass is 32.2. The van der Waals surface area contributed by atoms with Gasteiger partial charge in [-0.15, -0.1) is 0 Å². The van der Waals surface area contributed by atoms with E-state index >= 15 is 0 Å². The molecule has 8 heteroatoms. The molecule has 0 aromatic heterocycles. The fourth-order valence-corrected chi connectivity index (χ4v) is 3.79. The predicted molar refractivity (Wildman–Crippen MR) is 110 cm³/mol. The highest BCUT2D eigenvalue weighted by molar-refractivity contribution is 8.18. The van der Waals surface area contributed by atoms with E-state index in [4.69, 9.17) is 9.47 Å². The Morgan fingerprint density at radius 2 is 1.90 bits per heavy atom. The largest absolute Gasteiger partial charge is 0.454 e. The quantitative estimate of drug-likeness (QED) is 0.758. The topological polar surface area (TPSA) is 84.9 Å². The summed E-state index contributed by atoms with van der Waals surface area (Å²) in [5, 5.41) is 2.20. The molecule has 4 rings (SSSR count). The smallest absolute Gasteiger partial charge is 0.294 e. The number of hydrogen-bond acceptors (Lipinski definition) is 6. The van der Waals surface area contributed by atoms with Gasteiger partial charge in [-0.3, -0.25) is 19.3 Å². The van der Waals surface area contributed by atoms with Gasteiger partial charge in [-0.25, -0.2) is 0 Å². The zero-order chi connectivity index (χ0) is 20.4. The van der Waals surface area contributed by atoms with Crippen LogP contribution in [0.25, 0.3) is 6.08 Å². The first-order valence-electron chi connectivity index (χ1n) is 9.07. The SMILES string of the molecule is CCc1ccc(/C=C2\SC(=O)N(CC(=O)Nc3ccc4c(c3)OCO4)C2=O)cc1. The first kappa shape index (κ1) is 19.1. The highest BCUT2D eigenvalue weighted by Crippen LogP contribution is 2.35. The average molecular weight is 410 g/mol. The third-order valence-electron chi connectivity index (χ3n) is 4.52. The summed E-state index contributed by atoms with van der Waals surface area (Å²) in [6.45, 7) is 1.84. The molecule has 2 heterocycles. The van der Waals surface area contributed by atoms with Crippen molar-refractivity contribution in [3.8, 4) is 11.5 Å².